The number of primary amides is 1. The third kappa shape index (κ3) is 2.25. The van der Waals surface area contributed by atoms with Gasteiger partial charge in [-0.25, -0.2) is 13.9 Å². The summed E-state index contributed by atoms with van der Waals surface area (Å²) in [5.74, 6) is -2.94. The molecule has 1 heterocycles. The van der Waals surface area contributed by atoms with E-state index in [1.54, 1.807) is 6.07 Å². The van der Waals surface area contributed by atoms with Crippen LogP contribution in [0.25, 0.3) is 5.69 Å². The number of carboxylic acid groups (broad SMARTS) is 1. The number of benzene rings is 1. The molecule has 1 aromatic heterocycles. The number of nitrogens with zero attached hydrogens (tertiary/aromatic N) is 2. The summed E-state index contributed by atoms with van der Waals surface area (Å²) in [5.41, 5.74) is 5.18. The number of rotatable bonds is 4. The molecule has 2 aromatic rings. The number of aromatic nitrogens is 2. The molecule has 104 valence electrons. The Bertz CT molecular complexity index is 694. The van der Waals surface area contributed by atoms with Crippen LogP contribution in [0.5, 0.6) is 0 Å². The van der Waals surface area contributed by atoms with Crippen molar-refractivity contribution in [3.05, 3.63) is 47.0 Å². The maximum atomic E-state index is 14.0. The molecule has 20 heavy (non-hydrogen) atoms. The lowest BCUT2D eigenvalue weighted by Crippen LogP contribution is -2.20. The number of hydrogen-bond donors (Lipinski definition) is 2. The van der Waals surface area contributed by atoms with Crippen LogP contribution in [0.3, 0.4) is 0 Å². The van der Waals surface area contributed by atoms with Crippen molar-refractivity contribution < 1.29 is 19.1 Å². The smallest absolute Gasteiger partial charge is 0.339 e. The second-order valence-electron chi connectivity index (χ2n) is 4.13. The van der Waals surface area contributed by atoms with Crippen LogP contribution in [-0.4, -0.2) is 26.8 Å². The normalized spacial score (nSPS) is 10.5. The van der Waals surface area contributed by atoms with E-state index in [0.717, 1.165) is 16.4 Å². The summed E-state index contributed by atoms with van der Waals surface area (Å²) >= 11 is 0. The zero-order valence-corrected chi connectivity index (χ0v) is 10.6. The number of carbonyl (C=O) groups is 2. The first-order valence-corrected chi connectivity index (χ1v) is 5.85. The van der Waals surface area contributed by atoms with E-state index < -0.39 is 17.7 Å². The van der Waals surface area contributed by atoms with E-state index in [2.05, 4.69) is 5.10 Å². The van der Waals surface area contributed by atoms with Crippen LogP contribution in [0.1, 0.15) is 33.3 Å². The molecular weight excluding hydrogens is 265 g/mol. The van der Waals surface area contributed by atoms with Crippen LogP contribution in [0.15, 0.2) is 24.4 Å². The van der Waals surface area contributed by atoms with Gasteiger partial charge in [-0.3, -0.25) is 4.79 Å². The first-order valence-electron chi connectivity index (χ1n) is 5.85. The summed E-state index contributed by atoms with van der Waals surface area (Å²) in [6, 6.07) is 4.41. The van der Waals surface area contributed by atoms with Crippen molar-refractivity contribution in [2.45, 2.75) is 13.3 Å². The lowest BCUT2D eigenvalue weighted by atomic mass is 10.1. The van der Waals surface area contributed by atoms with E-state index in [1.165, 1.54) is 12.1 Å². The van der Waals surface area contributed by atoms with Crippen molar-refractivity contribution >= 4 is 11.9 Å². The molecule has 6 nitrogen and oxygen atoms in total. The molecule has 1 aromatic carbocycles. The molecule has 0 fully saturated rings. The van der Waals surface area contributed by atoms with E-state index >= 15 is 0 Å². The van der Waals surface area contributed by atoms with Crippen molar-refractivity contribution in [3.8, 4) is 5.69 Å². The highest BCUT2D eigenvalue weighted by Crippen LogP contribution is 2.19. The van der Waals surface area contributed by atoms with Gasteiger partial charge in [-0.2, -0.15) is 5.10 Å². The lowest BCUT2D eigenvalue weighted by Gasteiger charge is -2.08. The third-order valence-electron chi connectivity index (χ3n) is 2.88. The van der Waals surface area contributed by atoms with Crippen LogP contribution >= 0.6 is 0 Å². The van der Waals surface area contributed by atoms with Crippen molar-refractivity contribution in [2.24, 2.45) is 5.73 Å². The number of halogens is 1. The summed E-state index contributed by atoms with van der Waals surface area (Å²) in [6.07, 6.45) is 1.62. The van der Waals surface area contributed by atoms with Gasteiger partial charge in [-0.15, -0.1) is 0 Å². The summed E-state index contributed by atoms with van der Waals surface area (Å²) in [6.45, 7) is 1.87. The minimum Gasteiger partial charge on any atom is -0.478 e. The summed E-state index contributed by atoms with van der Waals surface area (Å²) in [4.78, 5) is 22.4. The van der Waals surface area contributed by atoms with Crippen LogP contribution < -0.4 is 5.73 Å². The van der Waals surface area contributed by atoms with Gasteiger partial charge in [0.1, 0.15) is 22.8 Å². The second-order valence-corrected chi connectivity index (χ2v) is 4.13. The minimum absolute atomic E-state index is 0.0245. The van der Waals surface area contributed by atoms with Gasteiger partial charge in [0.15, 0.2) is 0 Å². The van der Waals surface area contributed by atoms with E-state index in [1.807, 2.05) is 6.92 Å². The highest BCUT2D eigenvalue weighted by atomic mass is 19.1. The largest absolute Gasteiger partial charge is 0.478 e. The molecule has 0 radical (unpaired) electrons. The van der Waals surface area contributed by atoms with E-state index in [9.17, 15) is 14.0 Å². The van der Waals surface area contributed by atoms with Crippen molar-refractivity contribution in [1.29, 1.82) is 0 Å². The first kappa shape index (κ1) is 13.7. The van der Waals surface area contributed by atoms with Crippen LogP contribution in [-0.2, 0) is 6.42 Å². The zero-order chi connectivity index (χ0) is 14.9. The summed E-state index contributed by atoms with van der Waals surface area (Å²) < 4.78 is 14.9. The fourth-order valence-corrected chi connectivity index (χ4v) is 1.87. The summed E-state index contributed by atoms with van der Waals surface area (Å²) in [7, 11) is 0. The average molecular weight is 277 g/mol. The van der Waals surface area contributed by atoms with Crippen molar-refractivity contribution in [3.63, 3.8) is 0 Å². The van der Waals surface area contributed by atoms with Gasteiger partial charge in [0.25, 0.3) is 5.91 Å². The van der Waals surface area contributed by atoms with Gasteiger partial charge in [0.05, 0.1) is 6.20 Å². The molecule has 0 spiro atoms. The second kappa shape index (κ2) is 5.12. The fraction of sp³-hybridized carbons (Fsp3) is 0.154. The predicted molar refractivity (Wildman–Crippen MR) is 68.4 cm³/mol. The molecule has 2 rings (SSSR count). The molecule has 0 aliphatic heterocycles. The lowest BCUT2D eigenvalue weighted by molar-refractivity contribution is 0.0692. The third-order valence-corrected chi connectivity index (χ3v) is 2.88. The van der Waals surface area contributed by atoms with Crippen molar-refractivity contribution in [2.75, 3.05) is 0 Å². The maximum Gasteiger partial charge on any atom is 0.339 e. The van der Waals surface area contributed by atoms with Gasteiger partial charge in [0, 0.05) is 0 Å². The molecule has 0 atom stereocenters. The molecule has 0 saturated carbocycles. The Labute approximate surface area is 113 Å². The van der Waals surface area contributed by atoms with E-state index in [-0.39, 0.29) is 16.9 Å². The van der Waals surface area contributed by atoms with E-state index in [4.69, 9.17) is 10.8 Å². The minimum atomic E-state index is -1.35. The first-order chi connectivity index (χ1) is 9.45. The Morgan fingerprint density at radius 3 is 2.65 bits per heavy atom. The van der Waals surface area contributed by atoms with Crippen LogP contribution in [0.2, 0.25) is 0 Å². The molecule has 1 amide bonds. The highest BCUT2D eigenvalue weighted by Gasteiger charge is 2.23. The van der Waals surface area contributed by atoms with Gasteiger partial charge in [-0.1, -0.05) is 13.0 Å². The van der Waals surface area contributed by atoms with Crippen LogP contribution in [0.4, 0.5) is 4.39 Å². The number of aromatic carboxylic acids is 1. The van der Waals surface area contributed by atoms with Gasteiger partial charge in [0.2, 0.25) is 0 Å². The molecular formula is C13H12FN3O3. The number of nitrogens with two attached hydrogens (primary N) is 1. The maximum absolute atomic E-state index is 14.0. The monoisotopic (exact) mass is 277 g/mol. The molecule has 3 N–H and O–H groups in total. The quantitative estimate of drug-likeness (QED) is 0.881. The Morgan fingerprint density at radius 2 is 2.15 bits per heavy atom. The number of carboxylic acids is 1. The Hall–Kier alpha value is -2.70. The Kier molecular flexibility index (Phi) is 3.51. The van der Waals surface area contributed by atoms with Gasteiger partial charge < -0.3 is 10.8 Å². The molecule has 0 saturated heterocycles. The molecule has 0 aliphatic carbocycles. The molecule has 7 heteroatoms. The van der Waals surface area contributed by atoms with Gasteiger partial charge in [-0.05, 0) is 24.1 Å². The number of carbonyl (C=O) groups excluding carboxylic acids is 1. The summed E-state index contributed by atoms with van der Waals surface area (Å²) in [5, 5.41) is 12.7. The fourth-order valence-electron chi connectivity index (χ4n) is 1.87. The SMILES string of the molecule is CCc1ccc(-n2ncc(C(=O)O)c2C(N)=O)c(F)c1. The molecule has 0 bridgehead atoms. The topological polar surface area (TPSA) is 98.2 Å². The Balaban J connectivity index is 2.64. The number of aryl methyl sites for hydroxylation is 1. The molecule has 0 aliphatic rings. The molecule has 0 unspecified atom stereocenters. The van der Waals surface area contributed by atoms with Gasteiger partial charge >= 0.3 is 5.97 Å². The average Bonchev–Trinajstić information content (AvgIpc) is 2.83. The highest BCUT2D eigenvalue weighted by molar-refractivity contribution is 6.03. The number of hydrogen-bond acceptors (Lipinski definition) is 3. The standard InChI is InChI=1S/C13H12FN3O3/c1-2-7-3-4-10(9(14)5-7)17-11(12(15)18)8(6-16-17)13(19)20/h3-6H,2H2,1H3,(H2,15,18)(H,19,20). The van der Waals surface area contributed by atoms with Crippen molar-refractivity contribution in [1.82, 2.24) is 9.78 Å². The number of amides is 1. The van der Waals surface area contributed by atoms with Crippen LogP contribution in [0, 0.1) is 5.82 Å². The Morgan fingerprint density at radius 1 is 1.45 bits per heavy atom. The van der Waals surface area contributed by atoms with E-state index in [0.29, 0.717) is 6.42 Å². The predicted octanol–water partition coefficient (Wildman–Crippen LogP) is 1.37. The zero-order valence-electron chi connectivity index (χ0n) is 10.6.